The van der Waals surface area contributed by atoms with Crippen molar-refractivity contribution in [2.24, 2.45) is 0 Å². The number of aromatic nitrogens is 1. The number of carbonyl (C=O) groups is 1. The zero-order valence-corrected chi connectivity index (χ0v) is 19.3. The molecule has 1 heterocycles. The Morgan fingerprint density at radius 1 is 1.06 bits per heavy atom. The summed E-state index contributed by atoms with van der Waals surface area (Å²) in [6, 6.07) is 14.5. The summed E-state index contributed by atoms with van der Waals surface area (Å²) in [4.78, 5) is 16.2. The molecule has 0 unspecified atom stereocenters. The fraction of sp³-hybridized carbons (Fsp3) is 0. The van der Waals surface area contributed by atoms with E-state index in [1.165, 1.54) is 54.7 Å². The number of rotatable bonds is 4. The van der Waals surface area contributed by atoms with Crippen molar-refractivity contribution in [3.05, 3.63) is 84.1 Å². The van der Waals surface area contributed by atoms with E-state index in [1.807, 2.05) is 6.07 Å². The van der Waals surface area contributed by atoms with E-state index in [0.717, 1.165) is 6.07 Å². The van der Waals surface area contributed by atoms with Gasteiger partial charge in [0.1, 0.15) is 35.0 Å². The Bertz CT molecular complexity index is 1380. The normalized spacial score (nSPS) is 10.1. The van der Waals surface area contributed by atoms with Gasteiger partial charge in [0, 0.05) is 29.4 Å². The first-order valence-electron chi connectivity index (χ1n) is 9.26. The first-order valence-corrected chi connectivity index (χ1v) is 9.26. The van der Waals surface area contributed by atoms with Gasteiger partial charge >= 0.3 is 35.6 Å². The van der Waals surface area contributed by atoms with Gasteiger partial charge in [-0.05, 0) is 48.5 Å². The quantitative estimate of drug-likeness (QED) is 0.410. The van der Waals surface area contributed by atoms with Gasteiger partial charge < -0.3 is 21.9 Å². The zero-order valence-electron chi connectivity index (χ0n) is 18.3. The molecule has 3 aromatic carbocycles. The molecule has 0 aliphatic heterocycles. The van der Waals surface area contributed by atoms with Gasteiger partial charge in [0.2, 0.25) is 0 Å². The molecule has 0 aliphatic carbocycles. The minimum atomic E-state index is -0.745. The number of phenolic OH excluding ortho intramolecular Hbond substituents is 1. The van der Waals surface area contributed by atoms with Crippen molar-refractivity contribution in [2.75, 3.05) is 10.6 Å². The van der Waals surface area contributed by atoms with Crippen molar-refractivity contribution in [3.63, 3.8) is 0 Å². The Balaban J connectivity index is 0.00000204. The third-order valence-electron chi connectivity index (χ3n) is 4.46. The van der Waals surface area contributed by atoms with E-state index >= 15 is 0 Å². The number of fused-ring (bicyclic) bond motifs is 1. The summed E-state index contributed by atoms with van der Waals surface area (Å²) >= 11 is 0. The van der Waals surface area contributed by atoms with E-state index in [-0.39, 0.29) is 53.7 Å². The van der Waals surface area contributed by atoms with Gasteiger partial charge in [0.05, 0.1) is 16.8 Å². The molecule has 0 aliphatic rings. The molecule has 0 bridgehead atoms. The van der Waals surface area contributed by atoms with Crippen LogP contribution in [0.1, 0.15) is 6.99 Å². The summed E-state index contributed by atoms with van der Waals surface area (Å²) < 4.78 is 33.2. The minimum absolute atomic E-state index is 0. The van der Waals surface area contributed by atoms with Gasteiger partial charge in [0.25, 0.3) is 0 Å². The number of ether oxygens (including phenoxy) is 1. The summed E-state index contributed by atoms with van der Waals surface area (Å²) in [6.45, 7) is 0. The molecule has 0 spiro atoms. The Kier molecular flexibility index (Phi) is 7.45. The zero-order chi connectivity index (χ0) is 22.7. The molecule has 0 saturated carbocycles. The molecule has 0 atom stereocenters. The molecule has 160 valence electrons. The average molecular weight is 456 g/mol. The number of aromatic hydroxyl groups is 1. The molecule has 1 aromatic heterocycles. The van der Waals surface area contributed by atoms with Crippen LogP contribution in [0.15, 0.2) is 66.9 Å². The van der Waals surface area contributed by atoms with E-state index < -0.39 is 17.7 Å². The number of hydrogen-bond acceptors (Lipinski definition) is 5. The number of nitrogens with one attached hydrogen (secondary N) is 2. The van der Waals surface area contributed by atoms with E-state index in [2.05, 4.69) is 15.6 Å². The van der Waals surface area contributed by atoms with E-state index in [4.69, 9.17) is 10.00 Å². The molecule has 0 fully saturated rings. The van der Waals surface area contributed by atoms with Crippen LogP contribution < -0.4 is 44.9 Å². The summed E-state index contributed by atoms with van der Waals surface area (Å²) in [7, 11) is 0. The maximum atomic E-state index is 14.5. The molecule has 33 heavy (non-hydrogen) atoms. The summed E-state index contributed by atoms with van der Waals surface area (Å²) in [6.07, 6.45) is 1.45. The first kappa shape index (κ1) is 23.9. The third kappa shape index (κ3) is 5.56. The van der Waals surface area contributed by atoms with Crippen molar-refractivity contribution in [2.45, 2.75) is 0 Å². The van der Waals surface area contributed by atoms with Crippen LogP contribution in [0.4, 0.5) is 25.0 Å². The predicted octanol–water partition coefficient (Wildman–Crippen LogP) is 2.64. The van der Waals surface area contributed by atoms with Gasteiger partial charge in [-0.15, -0.1) is 0 Å². The van der Waals surface area contributed by atoms with Crippen LogP contribution in [0.5, 0.6) is 17.2 Å². The van der Waals surface area contributed by atoms with Crippen molar-refractivity contribution in [1.82, 2.24) is 4.98 Å². The number of benzene rings is 3. The number of nitrogens with zero attached hydrogens (tertiary/aromatic N) is 2. The van der Waals surface area contributed by atoms with E-state index in [0.29, 0.717) is 22.3 Å². The Hall–Kier alpha value is -3.71. The Morgan fingerprint density at radius 3 is 2.52 bits per heavy atom. The number of pyridine rings is 1. The molecule has 4 aromatic rings. The number of hydrogen-bond donors (Lipinski definition) is 3. The third-order valence-corrected chi connectivity index (χ3v) is 4.46. The molecule has 7 nitrogen and oxygen atoms in total. The van der Waals surface area contributed by atoms with Gasteiger partial charge in [-0.3, -0.25) is 4.98 Å². The van der Waals surface area contributed by atoms with Crippen LogP contribution in [0, 0.1) is 23.0 Å². The van der Waals surface area contributed by atoms with Gasteiger partial charge in [-0.1, -0.05) is 0 Å². The second kappa shape index (κ2) is 10.3. The SMILES string of the molecule is N#Cc1cc2c(Oc3ccc(NC(=O)Nc4ccc(F)cc4)c(F)c3)ccnc2cc1O.[H-].[Na+]. The summed E-state index contributed by atoms with van der Waals surface area (Å²) in [5.74, 6) is -0.942. The average Bonchev–Trinajstić information content (AvgIpc) is 2.77. The number of carbonyl (C=O) groups excluding carboxylic acids is 1. The van der Waals surface area contributed by atoms with Crippen molar-refractivity contribution in [1.29, 1.82) is 5.26 Å². The number of amides is 2. The van der Waals surface area contributed by atoms with Gasteiger partial charge in [-0.25, -0.2) is 13.6 Å². The minimum Gasteiger partial charge on any atom is -1.00 e. The smallest absolute Gasteiger partial charge is 1.00 e. The fourth-order valence-electron chi connectivity index (χ4n) is 2.94. The molecule has 10 heteroatoms. The summed E-state index contributed by atoms with van der Waals surface area (Å²) in [5.41, 5.74) is 0.702. The first-order chi connectivity index (χ1) is 15.4. The molecule has 3 N–H and O–H groups in total. The molecular formula is C23H15F2N4NaO3. The van der Waals surface area contributed by atoms with Crippen molar-refractivity contribution in [3.8, 4) is 23.3 Å². The Labute approximate surface area is 210 Å². The molecule has 2 amide bonds. The maximum Gasteiger partial charge on any atom is 1.00 e. The number of phenols is 1. The molecule has 4 rings (SSSR count). The van der Waals surface area contributed by atoms with Crippen LogP contribution in [0.3, 0.4) is 0 Å². The molecule has 0 saturated heterocycles. The van der Waals surface area contributed by atoms with Crippen molar-refractivity contribution >= 4 is 28.3 Å². The molecular weight excluding hydrogens is 441 g/mol. The van der Waals surface area contributed by atoms with Crippen LogP contribution in [-0.4, -0.2) is 16.1 Å². The molecule has 0 radical (unpaired) electrons. The Morgan fingerprint density at radius 2 is 1.82 bits per heavy atom. The summed E-state index contributed by atoms with van der Waals surface area (Å²) in [5, 5.41) is 24.2. The van der Waals surface area contributed by atoms with Crippen LogP contribution in [0.25, 0.3) is 10.9 Å². The topological polar surface area (TPSA) is 107 Å². The fourth-order valence-corrected chi connectivity index (χ4v) is 2.94. The number of urea groups is 1. The van der Waals surface area contributed by atoms with Crippen LogP contribution in [0.2, 0.25) is 0 Å². The standard InChI is InChI=1S/C23H14F2N4O3.Na.H/c24-14-1-3-15(4-2-14)28-23(31)29-19-6-5-16(10-18(19)25)32-22-7-8-27-20-11-21(30)13(12-26)9-17(20)22;;/h1-11,30H,(H2,28,29,31);;/q;+1;-1. The van der Waals surface area contributed by atoms with E-state index in [1.54, 1.807) is 6.07 Å². The second-order valence-electron chi connectivity index (χ2n) is 6.64. The number of halogens is 2. The van der Waals surface area contributed by atoms with Gasteiger partial charge in [-0.2, -0.15) is 5.26 Å². The number of nitriles is 1. The van der Waals surface area contributed by atoms with Crippen molar-refractivity contribution < 1.29 is 54.4 Å². The second-order valence-corrected chi connectivity index (χ2v) is 6.64. The van der Waals surface area contributed by atoms with E-state index in [9.17, 15) is 18.7 Å². The predicted molar refractivity (Wildman–Crippen MR) is 115 cm³/mol. The maximum absolute atomic E-state index is 14.5. The monoisotopic (exact) mass is 456 g/mol. The van der Waals surface area contributed by atoms with Crippen LogP contribution >= 0.6 is 0 Å². The largest absolute Gasteiger partial charge is 1.00 e. The number of anilines is 2. The van der Waals surface area contributed by atoms with Crippen LogP contribution in [-0.2, 0) is 0 Å². The van der Waals surface area contributed by atoms with Gasteiger partial charge in [0.15, 0.2) is 0 Å².